The van der Waals surface area contributed by atoms with Crippen molar-refractivity contribution in [3.05, 3.63) is 16.8 Å². The Labute approximate surface area is 104 Å². The van der Waals surface area contributed by atoms with Gasteiger partial charge in [-0.1, -0.05) is 11.6 Å². The fourth-order valence-corrected chi connectivity index (χ4v) is 2.30. The molecule has 1 fully saturated rings. The molecule has 4 nitrogen and oxygen atoms in total. The van der Waals surface area contributed by atoms with Gasteiger partial charge in [0.15, 0.2) is 5.82 Å². The summed E-state index contributed by atoms with van der Waals surface area (Å²) in [6, 6.07) is 1.66. The van der Waals surface area contributed by atoms with Gasteiger partial charge in [0.25, 0.3) is 0 Å². The van der Waals surface area contributed by atoms with Gasteiger partial charge < -0.3 is 16.2 Å². The lowest BCUT2D eigenvalue weighted by Crippen LogP contribution is -2.54. The van der Waals surface area contributed by atoms with Crippen LogP contribution in [0.3, 0.4) is 0 Å². The van der Waals surface area contributed by atoms with Gasteiger partial charge in [0.05, 0.1) is 17.8 Å². The highest BCUT2D eigenvalue weighted by Crippen LogP contribution is 2.38. The van der Waals surface area contributed by atoms with Crippen LogP contribution in [-0.2, 0) is 0 Å². The Bertz CT molecular complexity index is 435. The summed E-state index contributed by atoms with van der Waals surface area (Å²) in [7, 11) is 0. The van der Waals surface area contributed by atoms with E-state index in [1.54, 1.807) is 6.07 Å². The van der Waals surface area contributed by atoms with Crippen molar-refractivity contribution in [2.45, 2.75) is 31.5 Å². The van der Waals surface area contributed by atoms with Gasteiger partial charge in [0.1, 0.15) is 11.3 Å². The highest BCUT2D eigenvalue weighted by atomic mass is 35.5. The Hall–Kier alpha value is -1.07. The van der Waals surface area contributed by atoms with E-state index in [4.69, 9.17) is 17.3 Å². The number of alkyl halides is 1. The molecule has 1 heterocycles. The first kappa shape index (κ1) is 12.4. The van der Waals surface area contributed by atoms with Crippen molar-refractivity contribution in [1.29, 1.82) is 0 Å². The summed E-state index contributed by atoms with van der Waals surface area (Å²) in [4.78, 5) is 4.07. The number of aromatic nitrogens is 1. The molecule has 6 heteroatoms. The third-order valence-corrected chi connectivity index (χ3v) is 3.34. The monoisotopic (exact) mass is 259 g/mol. The van der Waals surface area contributed by atoms with E-state index >= 15 is 0 Å². The number of anilines is 2. The number of pyridine rings is 1. The molecule has 17 heavy (non-hydrogen) atoms. The maximum atomic E-state index is 12.9. The van der Waals surface area contributed by atoms with Gasteiger partial charge in [-0.25, -0.2) is 9.37 Å². The fourth-order valence-electron chi connectivity index (χ4n) is 2.05. The van der Waals surface area contributed by atoms with Crippen LogP contribution in [0.5, 0.6) is 0 Å². The summed E-state index contributed by atoms with van der Waals surface area (Å²) in [6.45, 7) is 1.67. The Morgan fingerprint density at radius 3 is 2.88 bits per heavy atom. The van der Waals surface area contributed by atoms with Crippen molar-refractivity contribution >= 4 is 23.1 Å². The quantitative estimate of drug-likeness (QED) is 0.725. The molecule has 0 aromatic carbocycles. The molecule has 0 spiro atoms. The largest absolute Gasteiger partial charge is 0.396 e. The van der Waals surface area contributed by atoms with Crippen LogP contribution in [-0.4, -0.2) is 28.4 Å². The van der Waals surface area contributed by atoms with Gasteiger partial charge in [-0.05, 0) is 18.6 Å². The molecule has 0 radical (unpaired) electrons. The molecule has 0 saturated heterocycles. The van der Waals surface area contributed by atoms with E-state index in [1.807, 2.05) is 6.92 Å². The minimum atomic E-state index is -0.879. The first-order valence-electron chi connectivity index (χ1n) is 5.41. The van der Waals surface area contributed by atoms with Crippen LogP contribution in [0, 0.1) is 6.92 Å². The van der Waals surface area contributed by atoms with Gasteiger partial charge in [-0.2, -0.15) is 0 Å². The maximum absolute atomic E-state index is 12.9. The van der Waals surface area contributed by atoms with Crippen LogP contribution in [0.2, 0.25) is 5.15 Å². The highest BCUT2D eigenvalue weighted by molar-refractivity contribution is 6.29. The average molecular weight is 260 g/mol. The highest BCUT2D eigenvalue weighted by Gasteiger charge is 2.44. The van der Waals surface area contributed by atoms with E-state index in [9.17, 15) is 9.50 Å². The van der Waals surface area contributed by atoms with Crippen molar-refractivity contribution in [2.24, 2.45) is 0 Å². The van der Waals surface area contributed by atoms with Crippen molar-refractivity contribution in [1.82, 2.24) is 4.98 Å². The molecular formula is C11H15ClFN3O. The Morgan fingerprint density at radius 2 is 2.35 bits per heavy atom. The van der Waals surface area contributed by atoms with E-state index in [2.05, 4.69) is 10.3 Å². The van der Waals surface area contributed by atoms with Gasteiger partial charge in [-0.3, -0.25) is 0 Å². The molecule has 0 bridgehead atoms. The number of halogens is 2. The lowest BCUT2D eigenvalue weighted by atomic mass is 9.75. The average Bonchev–Trinajstić information content (AvgIpc) is 2.22. The van der Waals surface area contributed by atoms with Gasteiger partial charge in [-0.15, -0.1) is 0 Å². The third-order valence-electron chi connectivity index (χ3n) is 3.14. The standard InChI is InChI=1S/C11H15ClFN3O/c1-6-2-8(12)15-10(9(6)14)16-11(5-17)3-7(13)4-11/h2,7,17H,3-5,14H2,1H3,(H,15,16). The number of nitrogen functional groups attached to an aromatic ring is 1. The molecule has 0 unspecified atom stereocenters. The molecule has 1 aliphatic rings. The lowest BCUT2D eigenvalue weighted by Gasteiger charge is -2.44. The van der Waals surface area contributed by atoms with Crippen LogP contribution in [0.25, 0.3) is 0 Å². The van der Waals surface area contributed by atoms with E-state index in [-0.39, 0.29) is 19.4 Å². The second-order valence-corrected chi connectivity index (χ2v) is 4.98. The van der Waals surface area contributed by atoms with Crippen LogP contribution < -0.4 is 11.1 Å². The predicted octanol–water partition coefficient (Wildman–Crippen LogP) is 1.90. The summed E-state index contributed by atoms with van der Waals surface area (Å²) in [5, 5.41) is 12.6. The molecule has 1 aromatic rings. The molecule has 2 rings (SSSR count). The lowest BCUT2D eigenvalue weighted by molar-refractivity contribution is 0.0623. The molecule has 0 aliphatic heterocycles. The zero-order chi connectivity index (χ0) is 12.6. The number of aliphatic hydroxyl groups excluding tert-OH is 1. The minimum Gasteiger partial charge on any atom is -0.396 e. The molecule has 1 aromatic heterocycles. The number of hydrogen-bond donors (Lipinski definition) is 3. The summed E-state index contributed by atoms with van der Waals surface area (Å²) < 4.78 is 12.9. The number of nitrogens with one attached hydrogen (secondary N) is 1. The first-order valence-corrected chi connectivity index (χ1v) is 5.79. The maximum Gasteiger partial charge on any atom is 0.151 e. The van der Waals surface area contributed by atoms with Crippen LogP contribution in [0.4, 0.5) is 15.9 Å². The third kappa shape index (κ3) is 2.30. The Balaban J connectivity index is 2.24. The van der Waals surface area contributed by atoms with Crippen molar-refractivity contribution in [3.8, 4) is 0 Å². The van der Waals surface area contributed by atoms with Crippen LogP contribution >= 0.6 is 11.6 Å². The SMILES string of the molecule is Cc1cc(Cl)nc(NC2(CO)CC(F)C2)c1N. The summed E-state index contributed by atoms with van der Waals surface area (Å²) in [5.74, 6) is 0.413. The van der Waals surface area contributed by atoms with Crippen molar-refractivity contribution in [2.75, 3.05) is 17.7 Å². The van der Waals surface area contributed by atoms with Crippen molar-refractivity contribution < 1.29 is 9.50 Å². The zero-order valence-electron chi connectivity index (χ0n) is 9.50. The van der Waals surface area contributed by atoms with Crippen LogP contribution in [0.15, 0.2) is 6.07 Å². The van der Waals surface area contributed by atoms with Gasteiger partial charge >= 0.3 is 0 Å². The molecule has 4 N–H and O–H groups in total. The topological polar surface area (TPSA) is 71.2 Å². The number of aryl methyl sites for hydroxylation is 1. The van der Waals surface area contributed by atoms with Gasteiger partial charge in [0.2, 0.25) is 0 Å². The van der Waals surface area contributed by atoms with Crippen molar-refractivity contribution in [3.63, 3.8) is 0 Å². The minimum absolute atomic E-state index is 0.153. The molecule has 1 saturated carbocycles. The van der Waals surface area contributed by atoms with Crippen LogP contribution in [0.1, 0.15) is 18.4 Å². The number of rotatable bonds is 3. The first-order chi connectivity index (χ1) is 7.96. The summed E-state index contributed by atoms with van der Waals surface area (Å²) in [5.41, 5.74) is 6.49. The van der Waals surface area contributed by atoms with Gasteiger partial charge in [0, 0.05) is 12.8 Å². The number of nitrogens with zero attached hydrogens (tertiary/aromatic N) is 1. The van der Waals surface area contributed by atoms with E-state index in [0.29, 0.717) is 16.7 Å². The number of nitrogens with two attached hydrogens (primary N) is 1. The van der Waals surface area contributed by atoms with E-state index in [1.165, 1.54) is 0 Å². The van der Waals surface area contributed by atoms with E-state index in [0.717, 1.165) is 5.56 Å². The molecule has 1 aliphatic carbocycles. The molecular weight excluding hydrogens is 245 g/mol. The molecule has 0 atom stereocenters. The molecule has 0 amide bonds. The smallest absolute Gasteiger partial charge is 0.151 e. The zero-order valence-corrected chi connectivity index (χ0v) is 10.3. The summed E-state index contributed by atoms with van der Waals surface area (Å²) >= 11 is 5.84. The number of aliphatic hydroxyl groups is 1. The normalized spacial score (nSPS) is 27.6. The van der Waals surface area contributed by atoms with E-state index < -0.39 is 11.7 Å². The molecule has 94 valence electrons. The number of hydrogen-bond acceptors (Lipinski definition) is 4. The summed E-state index contributed by atoms with van der Waals surface area (Å²) in [6.07, 6.45) is -0.358. The Morgan fingerprint density at radius 1 is 1.71 bits per heavy atom. The Kier molecular flexibility index (Phi) is 3.14. The predicted molar refractivity (Wildman–Crippen MR) is 66.0 cm³/mol. The fraction of sp³-hybridized carbons (Fsp3) is 0.545. The second-order valence-electron chi connectivity index (χ2n) is 4.59. The second kappa shape index (κ2) is 4.31.